The molecule has 126 valence electrons. The largest absolute Gasteiger partial charge is 0.393 e. The smallest absolute Gasteiger partial charge is 0.0675 e. The van der Waals surface area contributed by atoms with E-state index in [9.17, 15) is 10.2 Å². The molecule has 0 aromatic heterocycles. The van der Waals surface area contributed by atoms with E-state index in [2.05, 4.69) is 20.8 Å². The molecule has 0 saturated heterocycles. The average Bonchev–Trinajstić information content (AvgIpc) is 2.70. The highest BCUT2D eigenvalue weighted by molar-refractivity contribution is 5.12. The Morgan fingerprint density at radius 1 is 0.818 bits per heavy atom. The van der Waals surface area contributed by atoms with E-state index in [-0.39, 0.29) is 11.5 Å². The van der Waals surface area contributed by atoms with Gasteiger partial charge in [0.05, 0.1) is 11.7 Å². The second-order valence-corrected chi connectivity index (χ2v) is 9.85. The van der Waals surface area contributed by atoms with E-state index in [1.54, 1.807) is 0 Å². The predicted octanol–water partition coefficient (Wildman–Crippen LogP) is 4.14. The maximum Gasteiger partial charge on any atom is 0.0675 e. The van der Waals surface area contributed by atoms with Gasteiger partial charge in [-0.15, -0.1) is 0 Å². The van der Waals surface area contributed by atoms with Gasteiger partial charge in [0, 0.05) is 0 Å². The molecule has 0 aliphatic heterocycles. The molecule has 4 aliphatic rings. The van der Waals surface area contributed by atoms with Gasteiger partial charge in [-0.3, -0.25) is 0 Å². The number of hydrogen-bond donors (Lipinski definition) is 2. The molecule has 5 unspecified atom stereocenters. The lowest BCUT2D eigenvalue weighted by Crippen LogP contribution is -2.56. The molecule has 0 radical (unpaired) electrons. The zero-order chi connectivity index (χ0) is 15.8. The van der Waals surface area contributed by atoms with Crippen LogP contribution in [-0.4, -0.2) is 21.9 Å². The molecule has 2 N–H and O–H groups in total. The van der Waals surface area contributed by atoms with Crippen molar-refractivity contribution in [3.05, 3.63) is 0 Å². The predicted molar refractivity (Wildman–Crippen MR) is 88.4 cm³/mol. The Hall–Kier alpha value is -0.0800. The fraction of sp³-hybridized carbons (Fsp3) is 1.00. The van der Waals surface area contributed by atoms with E-state index in [0.717, 1.165) is 42.9 Å². The first-order valence-electron chi connectivity index (χ1n) is 9.68. The molecule has 0 aromatic rings. The van der Waals surface area contributed by atoms with Crippen molar-refractivity contribution in [2.24, 2.45) is 34.5 Å². The minimum absolute atomic E-state index is 0.0457. The summed E-state index contributed by atoms with van der Waals surface area (Å²) in [6, 6.07) is 0. The highest BCUT2D eigenvalue weighted by atomic mass is 16.3. The first kappa shape index (κ1) is 15.4. The summed E-state index contributed by atoms with van der Waals surface area (Å²) in [4.78, 5) is 0. The maximum atomic E-state index is 10.9. The summed E-state index contributed by atoms with van der Waals surface area (Å²) in [5.74, 6) is 3.13. The van der Waals surface area contributed by atoms with Gasteiger partial charge < -0.3 is 10.2 Å². The molecule has 8 atom stereocenters. The third kappa shape index (κ3) is 1.86. The molecule has 0 aromatic carbocycles. The second kappa shape index (κ2) is 4.72. The van der Waals surface area contributed by atoms with E-state index < -0.39 is 5.60 Å². The molecule has 2 heteroatoms. The van der Waals surface area contributed by atoms with Crippen LogP contribution < -0.4 is 0 Å². The van der Waals surface area contributed by atoms with Gasteiger partial charge in [-0.25, -0.2) is 0 Å². The van der Waals surface area contributed by atoms with Crippen LogP contribution >= 0.6 is 0 Å². The fourth-order valence-electron chi connectivity index (χ4n) is 7.48. The summed E-state index contributed by atoms with van der Waals surface area (Å²) in [6.45, 7) is 7.01. The molecule has 2 nitrogen and oxygen atoms in total. The van der Waals surface area contributed by atoms with E-state index >= 15 is 0 Å². The molecule has 0 spiro atoms. The lowest BCUT2D eigenvalue weighted by molar-refractivity contribution is -0.153. The Morgan fingerprint density at radius 3 is 2.32 bits per heavy atom. The minimum atomic E-state index is -0.455. The fourth-order valence-corrected chi connectivity index (χ4v) is 7.48. The molecule has 4 saturated carbocycles. The Bertz CT molecular complexity index is 459. The van der Waals surface area contributed by atoms with Crippen molar-refractivity contribution in [2.75, 3.05) is 0 Å². The first-order valence-corrected chi connectivity index (χ1v) is 9.68. The number of aliphatic hydroxyl groups excluding tert-OH is 1. The molecular formula is C20H34O2. The Morgan fingerprint density at radius 2 is 1.55 bits per heavy atom. The van der Waals surface area contributed by atoms with Crippen molar-refractivity contribution >= 4 is 0 Å². The van der Waals surface area contributed by atoms with Crippen LogP contribution in [0, 0.1) is 34.5 Å². The topological polar surface area (TPSA) is 40.5 Å². The first-order chi connectivity index (χ1) is 10.3. The lowest BCUT2D eigenvalue weighted by Gasteiger charge is -2.61. The Labute approximate surface area is 135 Å². The summed E-state index contributed by atoms with van der Waals surface area (Å²) in [5.41, 5.74) is 0.145. The molecule has 0 amide bonds. The van der Waals surface area contributed by atoms with Gasteiger partial charge in [-0.2, -0.15) is 0 Å². The van der Waals surface area contributed by atoms with Crippen molar-refractivity contribution < 1.29 is 10.2 Å². The van der Waals surface area contributed by atoms with Gasteiger partial charge in [0.1, 0.15) is 0 Å². The zero-order valence-corrected chi connectivity index (χ0v) is 14.6. The average molecular weight is 306 g/mol. The van der Waals surface area contributed by atoms with E-state index in [0.29, 0.717) is 5.41 Å². The van der Waals surface area contributed by atoms with Gasteiger partial charge in [-0.1, -0.05) is 13.8 Å². The Kier molecular flexibility index (Phi) is 3.32. The lowest BCUT2D eigenvalue weighted by atomic mass is 9.44. The summed E-state index contributed by atoms with van der Waals surface area (Å²) in [6.07, 6.45) is 10.6. The number of fused-ring (bicyclic) bond motifs is 5. The van der Waals surface area contributed by atoms with Crippen molar-refractivity contribution in [1.82, 2.24) is 0 Å². The monoisotopic (exact) mass is 306 g/mol. The van der Waals surface area contributed by atoms with Crippen LogP contribution in [0.2, 0.25) is 0 Å². The summed E-state index contributed by atoms with van der Waals surface area (Å²) in [5, 5.41) is 21.0. The maximum absolute atomic E-state index is 10.9. The Balaban J connectivity index is 1.64. The molecule has 4 aliphatic carbocycles. The molecule has 4 fully saturated rings. The van der Waals surface area contributed by atoms with Gasteiger partial charge in [0.2, 0.25) is 0 Å². The van der Waals surface area contributed by atoms with Crippen molar-refractivity contribution in [3.63, 3.8) is 0 Å². The van der Waals surface area contributed by atoms with Crippen molar-refractivity contribution in [3.8, 4) is 0 Å². The summed E-state index contributed by atoms with van der Waals surface area (Å²) >= 11 is 0. The SMILES string of the molecule is CC12CC[C@H](O)C[C@@H]1CCC1C2CCC2(C)C1CC[C@@]2(C)O. The van der Waals surface area contributed by atoms with Gasteiger partial charge in [0.15, 0.2) is 0 Å². The minimum Gasteiger partial charge on any atom is -0.393 e. The van der Waals surface area contributed by atoms with Crippen molar-refractivity contribution in [2.45, 2.75) is 90.3 Å². The van der Waals surface area contributed by atoms with Crippen LogP contribution in [0.25, 0.3) is 0 Å². The van der Waals surface area contributed by atoms with Gasteiger partial charge in [-0.05, 0) is 99.2 Å². The molecule has 22 heavy (non-hydrogen) atoms. The van der Waals surface area contributed by atoms with Crippen LogP contribution in [0.1, 0.15) is 78.6 Å². The van der Waals surface area contributed by atoms with E-state index in [1.807, 2.05) is 0 Å². The summed E-state index contributed by atoms with van der Waals surface area (Å²) < 4.78 is 0. The van der Waals surface area contributed by atoms with Crippen LogP contribution in [0.15, 0.2) is 0 Å². The third-order valence-electron chi connectivity index (χ3n) is 9.20. The molecule has 0 bridgehead atoms. The second-order valence-electron chi connectivity index (χ2n) is 9.85. The van der Waals surface area contributed by atoms with Crippen LogP contribution in [0.5, 0.6) is 0 Å². The summed E-state index contributed by atoms with van der Waals surface area (Å²) in [7, 11) is 0. The highest BCUT2D eigenvalue weighted by Crippen LogP contribution is 2.68. The standard InChI is InChI=1S/C20H34O2/c1-18-9-6-14(21)12-13(18)4-5-15-16(18)7-10-19(2)17(15)8-11-20(19,3)22/h13-17,21-22H,4-12H2,1-3H3/t13-,14-,15?,16?,17?,18?,19?,20+/m0/s1. The van der Waals surface area contributed by atoms with E-state index in [1.165, 1.54) is 38.5 Å². The number of hydrogen-bond acceptors (Lipinski definition) is 2. The molecule has 0 heterocycles. The molecular weight excluding hydrogens is 272 g/mol. The normalized spacial score (nSPS) is 61.2. The van der Waals surface area contributed by atoms with Crippen LogP contribution in [-0.2, 0) is 0 Å². The third-order valence-corrected chi connectivity index (χ3v) is 9.20. The number of rotatable bonds is 0. The quantitative estimate of drug-likeness (QED) is 0.706. The zero-order valence-electron chi connectivity index (χ0n) is 14.6. The molecule has 4 rings (SSSR count). The van der Waals surface area contributed by atoms with Gasteiger partial charge >= 0.3 is 0 Å². The van der Waals surface area contributed by atoms with Gasteiger partial charge in [0.25, 0.3) is 0 Å². The van der Waals surface area contributed by atoms with Crippen LogP contribution in [0.4, 0.5) is 0 Å². The van der Waals surface area contributed by atoms with E-state index in [4.69, 9.17) is 0 Å². The highest BCUT2D eigenvalue weighted by Gasteiger charge is 2.63. The number of aliphatic hydroxyl groups is 2. The van der Waals surface area contributed by atoms with Crippen LogP contribution in [0.3, 0.4) is 0 Å². The van der Waals surface area contributed by atoms with Crippen molar-refractivity contribution in [1.29, 1.82) is 0 Å².